The van der Waals surface area contributed by atoms with Crippen LogP contribution in [0.15, 0.2) is 18.5 Å². The number of aliphatic hydroxyl groups is 2. The molecule has 0 bridgehead atoms. The van der Waals surface area contributed by atoms with Gasteiger partial charge in [-0.2, -0.15) is 0 Å². The quantitative estimate of drug-likeness (QED) is 0.754. The molecule has 0 radical (unpaired) electrons. The number of aromatic nitrogens is 1. The second-order valence-corrected chi connectivity index (χ2v) is 3.72. The minimum absolute atomic E-state index is 0.0108. The number of aliphatic hydroxyl groups excluding tert-OH is 2. The van der Waals surface area contributed by atoms with Gasteiger partial charge in [-0.05, 0) is 19.4 Å². The average molecular weight is 210 g/mol. The van der Waals surface area contributed by atoms with Gasteiger partial charge < -0.3 is 15.1 Å². The molecule has 4 heteroatoms. The Morgan fingerprint density at radius 2 is 2.27 bits per heavy atom. The second-order valence-electron chi connectivity index (χ2n) is 3.72. The van der Waals surface area contributed by atoms with Crippen molar-refractivity contribution < 1.29 is 10.2 Å². The zero-order valence-corrected chi connectivity index (χ0v) is 9.22. The Hall–Kier alpha value is -1.13. The minimum atomic E-state index is -0.304. The van der Waals surface area contributed by atoms with Crippen LogP contribution >= 0.6 is 0 Å². The first-order chi connectivity index (χ1) is 7.15. The molecule has 1 heterocycles. The summed E-state index contributed by atoms with van der Waals surface area (Å²) in [4.78, 5) is 6.02. The highest BCUT2D eigenvalue weighted by Crippen LogP contribution is 2.17. The van der Waals surface area contributed by atoms with Gasteiger partial charge in [0.1, 0.15) is 0 Å². The molecule has 2 N–H and O–H groups in total. The van der Waals surface area contributed by atoms with Gasteiger partial charge in [-0.15, -0.1) is 0 Å². The number of anilines is 1. The molecule has 0 aromatic carbocycles. The summed E-state index contributed by atoms with van der Waals surface area (Å²) in [5.74, 6) is 0. The molecule has 0 saturated heterocycles. The lowest BCUT2D eigenvalue weighted by atomic mass is 10.2. The molecule has 84 valence electrons. The number of hydrogen-bond acceptors (Lipinski definition) is 4. The fourth-order valence-corrected chi connectivity index (χ4v) is 1.39. The lowest BCUT2D eigenvalue weighted by Crippen LogP contribution is -2.23. The van der Waals surface area contributed by atoms with E-state index in [0.29, 0.717) is 6.42 Å². The first-order valence-corrected chi connectivity index (χ1v) is 5.08. The first kappa shape index (κ1) is 11.9. The van der Waals surface area contributed by atoms with E-state index in [1.165, 1.54) is 0 Å². The van der Waals surface area contributed by atoms with Crippen LogP contribution in [0.4, 0.5) is 5.69 Å². The first-order valence-electron chi connectivity index (χ1n) is 5.08. The van der Waals surface area contributed by atoms with Gasteiger partial charge in [-0.1, -0.05) is 0 Å². The number of hydrogen-bond donors (Lipinski definition) is 2. The molecule has 0 aliphatic carbocycles. The fourth-order valence-electron chi connectivity index (χ4n) is 1.39. The Labute approximate surface area is 90.2 Å². The van der Waals surface area contributed by atoms with Crippen molar-refractivity contribution >= 4 is 5.69 Å². The average Bonchev–Trinajstić information content (AvgIpc) is 2.25. The zero-order valence-electron chi connectivity index (χ0n) is 9.22. The molecule has 15 heavy (non-hydrogen) atoms. The molecule has 0 amide bonds. The largest absolute Gasteiger partial charge is 0.393 e. The molecule has 1 aromatic heterocycles. The summed E-state index contributed by atoms with van der Waals surface area (Å²) in [7, 11) is 1.93. The highest BCUT2D eigenvalue weighted by Gasteiger charge is 2.07. The third kappa shape index (κ3) is 3.49. The Morgan fingerprint density at radius 3 is 2.87 bits per heavy atom. The van der Waals surface area contributed by atoms with Crippen LogP contribution in [0, 0.1) is 0 Å². The summed E-state index contributed by atoms with van der Waals surface area (Å²) in [6, 6.07) is 1.80. The summed E-state index contributed by atoms with van der Waals surface area (Å²) >= 11 is 0. The SMILES string of the molecule is CC(O)CCN(C)c1cnccc1CO. The molecule has 1 rings (SSSR count). The summed E-state index contributed by atoms with van der Waals surface area (Å²) < 4.78 is 0. The van der Waals surface area contributed by atoms with Crippen LogP contribution in [-0.4, -0.2) is 34.9 Å². The predicted octanol–water partition coefficient (Wildman–Crippen LogP) is 0.781. The van der Waals surface area contributed by atoms with Crippen LogP contribution < -0.4 is 4.90 Å². The highest BCUT2D eigenvalue weighted by atomic mass is 16.3. The summed E-state index contributed by atoms with van der Waals surface area (Å²) in [5, 5.41) is 18.3. The number of rotatable bonds is 5. The molecule has 0 spiro atoms. The van der Waals surface area contributed by atoms with Gasteiger partial charge in [0, 0.05) is 25.4 Å². The lowest BCUT2D eigenvalue weighted by molar-refractivity contribution is 0.187. The zero-order chi connectivity index (χ0) is 11.3. The van der Waals surface area contributed by atoms with Crippen molar-refractivity contribution in [3.8, 4) is 0 Å². The van der Waals surface area contributed by atoms with Crippen molar-refractivity contribution in [1.29, 1.82) is 0 Å². The van der Waals surface area contributed by atoms with Gasteiger partial charge in [0.05, 0.1) is 24.6 Å². The maximum Gasteiger partial charge on any atom is 0.0703 e. The normalized spacial score (nSPS) is 12.5. The third-order valence-electron chi connectivity index (χ3n) is 2.35. The molecule has 0 fully saturated rings. The van der Waals surface area contributed by atoms with Crippen LogP contribution in [0.5, 0.6) is 0 Å². The molecule has 4 nitrogen and oxygen atoms in total. The summed E-state index contributed by atoms with van der Waals surface area (Å²) in [5.41, 5.74) is 1.78. The van der Waals surface area contributed by atoms with Gasteiger partial charge in [-0.3, -0.25) is 4.98 Å². The van der Waals surface area contributed by atoms with Gasteiger partial charge in [0.25, 0.3) is 0 Å². The molecule has 1 atom stereocenters. The molecule has 0 aliphatic rings. The highest BCUT2D eigenvalue weighted by molar-refractivity contribution is 5.50. The predicted molar refractivity (Wildman–Crippen MR) is 59.7 cm³/mol. The monoisotopic (exact) mass is 210 g/mol. The van der Waals surface area contributed by atoms with Crippen molar-refractivity contribution in [2.45, 2.75) is 26.1 Å². The smallest absolute Gasteiger partial charge is 0.0703 e. The van der Waals surface area contributed by atoms with E-state index in [1.807, 2.05) is 11.9 Å². The maximum absolute atomic E-state index is 9.18. The molecule has 1 unspecified atom stereocenters. The van der Waals surface area contributed by atoms with E-state index in [2.05, 4.69) is 4.98 Å². The van der Waals surface area contributed by atoms with Crippen molar-refractivity contribution in [2.75, 3.05) is 18.5 Å². The van der Waals surface area contributed by atoms with Crippen molar-refractivity contribution in [3.63, 3.8) is 0 Å². The standard InChI is InChI=1S/C11H18N2O2/c1-9(15)4-6-13(2)11-7-12-5-3-10(11)8-14/h3,5,7,9,14-15H,4,6,8H2,1-2H3. The van der Waals surface area contributed by atoms with Crippen LogP contribution in [0.2, 0.25) is 0 Å². The van der Waals surface area contributed by atoms with E-state index in [4.69, 9.17) is 5.11 Å². The van der Waals surface area contributed by atoms with E-state index in [9.17, 15) is 5.11 Å². The van der Waals surface area contributed by atoms with E-state index in [-0.39, 0.29) is 12.7 Å². The van der Waals surface area contributed by atoms with Crippen LogP contribution in [-0.2, 0) is 6.61 Å². The Morgan fingerprint density at radius 1 is 1.53 bits per heavy atom. The van der Waals surface area contributed by atoms with Crippen molar-refractivity contribution in [3.05, 3.63) is 24.0 Å². The topological polar surface area (TPSA) is 56.6 Å². The van der Waals surface area contributed by atoms with Gasteiger partial charge in [0.15, 0.2) is 0 Å². The molecule has 0 aliphatic heterocycles. The Balaban J connectivity index is 2.68. The number of pyridine rings is 1. The Bertz CT molecular complexity index is 302. The Kier molecular flexibility index (Phi) is 4.52. The maximum atomic E-state index is 9.18. The summed E-state index contributed by atoms with van der Waals surface area (Å²) in [6.45, 7) is 2.53. The lowest BCUT2D eigenvalue weighted by Gasteiger charge is -2.21. The fraction of sp³-hybridized carbons (Fsp3) is 0.545. The van der Waals surface area contributed by atoms with Crippen LogP contribution in [0.25, 0.3) is 0 Å². The third-order valence-corrected chi connectivity index (χ3v) is 2.35. The molecule has 1 aromatic rings. The second kappa shape index (κ2) is 5.68. The summed E-state index contributed by atoms with van der Waals surface area (Å²) in [6.07, 6.45) is 3.79. The van der Waals surface area contributed by atoms with Gasteiger partial charge >= 0.3 is 0 Å². The van der Waals surface area contributed by atoms with Gasteiger partial charge in [-0.25, -0.2) is 0 Å². The molecular weight excluding hydrogens is 192 g/mol. The van der Waals surface area contributed by atoms with E-state index < -0.39 is 0 Å². The van der Waals surface area contributed by atoms with E-state index in [1.54, 1.807) is 25.4 Å². The van der Waals surface area contributed by atoms with Crippen molar-refractivity contribution in [1.82, 2.24) is 4.98 Å². The van der Waals surface area contributed by atoms with Gasteiger partial charge in [0.2, 0.25) is 0 Å². The van der Waals surface area contributed by atoms with Crippen LogP contribution in [0.3, 0.4) is 0 Å². The number of nitrogens with zero attached hydrogens (tertiary/aromatic N) is 2. The minimum Gasteiger partial charge on any atom is -0.393 e. The van der Waals surface area contributed by atoms with Crippen LogP contribution in [0.1, 0.15) is 18.9 Å². The van der Waals surface area contributed by atoms with E-state index in [0.717, 1.165) is 17.8 Å². The van der Waals surface area contributed by atoms with Crippen molar-refractivity contribution in [2.24, 2.45) is 0 Å². The molecular formula is C11H18N2O2. The van der Waals surface area contributed by atoms with E-state index >= 15 is 0 Å². The molecule has 0 saturated carbocycles.